The summed E-state index contributed by atoms with van der Waals surface area (Å²) in [6.07, 6.45) is 0.458. The van der Waals surface area contributed by atoms with Crippen LogP contribution in [0.1, 0.15) is 47.8 Å². The van der Waals surface area contributed by atoms with Gasteiger partial charge in [-0.25, -0.2) is 9.59 Å². The van der Waals surface area contributed by atoms with Gasteiger partial charge in [-0.2, -0.15) is 0 Å². The van der Waals surface area contributed by atoms with Gasteiger partial charge < -0.3 is 20.9 Å². The normalized spacial score (nSPS) is 11.8. The summed E-state index contributed by atoms with van der Waals surface area (Å²) in [6.45, 7) is 5.23. The molecule has 0 saturated heterocycles. The molecule has 0 bridgehead atoms. The molecule has 149 valence electrons. The van der Waals surface area contributed by atoms with Crippen molar-refractivity contribution in [3.63, 3.8) is 0 Å². The Kier molecular flexibility index (Phi) is 6.49. The fourth-order valence-electron chi connectivity index (χ4n) is 2.52. The maximum absolute atomic E-state index is 12.4. The van der Waals surface area contributed by atoms with Crippen molar-refractivity contribution in [1.29, 1.82) is 0 Å². The third-order valence-electron chi connectivity index (χ3n) is 3.91. The Hall–Kier alpha value is -2.41. The average Bonchev–Trinajstić information content (AvgIpc) is 2.60. The Balaban J connectivity index is 2.25. The van der Waals surface area contributed by atoms with Gasteiger partial charge in [0.1, 0.15) is 5.60 Å². The van der Waals surface area contributed by atoms with E-state index in [9.17, 15) is 9.59 Å². The van der Waals surface area contributed by atoms with Crippen molar-refractivity contribution in [2.24, 2.45) is 11.5 Å². The Labute approximate surface area is 169 Å². The fraction of sp³-hybridized carbons (Fsp3) is 0.333. The number of rotatable bonds is 5. The smallest absolute Gasteiger partial charge is 0.346 e. The van der Waals surface area contributed by atoms with Gasteiger partial charge in [0.15, 0.2) is 5.66 Å². The summed E-state index contributed by atoms with van der Waals surface area (Å²) < 4.78 is 10.0. The predicted octanol–water partition coefficient (Wildman–Crippen LogP) is 2.93. The highest BCUT2D eigenvalue weighted by atomic mass is 35.5. The SMILES string of the molecule is COC(=O)c1ccc(Cc2[c]ccc(C(N)(N)C(=O)OC(C)(C)C)c2)cc1Cl. The molecule has 0 fully saturated rings. The number of hydrogen-bond acceptors (Lipinski definition) is 6. The summed E-state index contributed by atoms with van der Waals surface area (Å²) in [5.41, 5.74) is 11.9. The van der Waals surface area contributed by atoms with Crippen LogP contribution in [0, 0.1) is 6.07 Å². The minimum atomic E-state index is -1.79. The van der Waals surface area contributed by atoms with E-state index in [1.807, 2.05) is 0 Å². The zero-order valence-corrected chi connectivity index (χ0v) is 17.1. The lowest BCUT2D eigenvalue weighted by molar-refractivity contribution is -0.162. The number of carbonyl (C=O) groups is 2. The highest BCUT2D eigenvalue weighted by Crippen LogP contribution is 2.23. The van der Waals surface area contributed by atoms with Gasteiger partial charge in [0.05, 0.1) is 17.7 Å². The van der Waals surface area contributed by atoms with Crippen LogP contribution >= 0.6 is 11.6 Å². The lowest BCUT2D eigenvalue weighted by Gasteiger charge is -2.28. The van der Waals surface area contributed by atoms with Crippen molar-refractivity contribution < 1.29 is 19.1 Å². The van der Waals surface area contributed by atoms with E-state index in [1.165, 1.54) is 7.11 Å². The summed E-state index contributed by atoms with van der Waals surface area (Å²) >= 11 is 6.16. The highest BCUT2D eigenvalue weighted by molar-refractivity contribution is 6.33. The molecule has 4 N–H and O–H groups in total. The van der Waals surface area contributed by atoms with Crippen LogP contribution in [0.3, 0.4) is 0 Å². The monoisotopic (exact) mass is 403 g/mol. The molecule has 1 radical (unpaired) electrons. The molecular weight excluding hydrogens is 380 g/mol. The van der Waals surface area contributed by atoms with Crippen LogP contribution in [0.15, 0.2) is 36.4 Å². The van der Waals surface area contributed by atoms with Crippen molar-refractivity contribution in [3.8, 4) is 0 Å². The number of ether oxygens (including phenoxy) is 2. The highest BCUT2D eigenvalue weighted by Gasteiger charge is 2.36. The number of methoxy groups -OCH3 is 1. The molecule has 2 aromatic rings. The zero-order valence-electron chi connectivity index (χ0n) is 16.3. The second-order valence-corrected chi connectivity index (χ2v) is 7.86. The second kappa shape index (κ2) is 8.31. The maximum atomic E-state index is 12.4. The van der Waals surface area contributed by atoms with E-state index in [-0.39, 0.29) is 0 Å². The lowest BCUT2D eigenvalue weighted by atomic mass is 9.96. The van der Waals surface area contributed by atoms with Crippen molar-refractivity contribution in [1.82, 2.24) is 0 Å². The molecule has 7 heteroatoms. The van der Waals surface area contributed by atoms with E-state index in [1.54, 1.807) is 57.2 Å². The molecule has 0 aromatic heterocycles. The van der Waals surface area contributed by atoms with Gasteiger partial charge in [-0.1, -0.05) is 35.9 Å². The molecule has 6 nitrogen and oxygen atoms in total. The molecule has 0 heterocycles. The topological polar surface area (TPSA) is 105 Å². The first-order valence-electron chi connectivity index (χ1n) is 8.63. The number of carbonyl (C=O) groups excluding carboxylic acids is 2. The van der Waals surface area contributed by atoms with Crippen molar-refractivity contribution in [2.45, 2.75) is 38.5 Å². The van der Waals surface area contributed by atoms with Crippen LogP contribution in [0.25, 0.3) is 0 Å². The van der Waals surface area contributed by atoms with Crippen LogP contribution in [-0.2, 0) is 26.4 Å². The Morgan fingerprint density at radius 3 is 2.39 bits per heavy atom. The summed E-state index contributed by atoms with van der Waals surface area (Å²) in [5.74, 6) is -1.22. The predicted molar refractivity (Wildman–Crippen MR) is 107 cm³/mol. The van der Waals surface area contributed by atoms with Crippen molar-refractivity contribution in [3.05, 3.63) is 69.7 Å². The first kappa shape index (κ1) is 21.9. The molecule has 0 aliphatic carbocycles. The third kappa shape index (κ3) is 5.32. The second-order valence-electron chi connectivity index (χ2n) is 7.46. The van der Waals surface area contributed by atoms with Gasteiger partial charge in [-0.3, -0.25) is 0 Å². The molecule has 0 atom stereocenters. The van der Waals surface area contributed by atoms with Gasteiger partial charge in [-0.05, 0) is 62.1 Å². The maximum Gasteiger partial charge on any atom is 0.346 e. The first-order chi connectivity index (χ1) is 12.9. The number of hydrogen-bond donors (Lipinski definition) is 2. The molecule has 0 aliphatic rings. The Morgan fingerprint density at radius 2 is 1.82 bits per heavy atom. The zero-order chi connectivity index (χ0) is 21.1. The minimum Gasteiger partial charge on any atom is -0.465 e. The number of benzene rings is 2. The Morgan fingerprint density at radius 1 is 1.14 bits per heavy atom. The largest absolute Gasteiger partial charge is 0.465 e. The molecule has 0 unspecified atom stereocenters. The van der Waals surface area contributed by atoms with Gasteiger partial charge in [0.25, 0.3) is 0 Å². The van der Waals surface area contributed by atoms with E-state index >= 15 is 0 Å². The number of nitrogens with two attached hydrogens (primary N) is 2. The fourth-order valence-corrected chi connectivity index (χ4v) is 2.80. The van der Waals surface area contributed by atoms with E-state index < -0.39 is 23.2 Å². The average molecular weight is 404 g/mol. The number of esters is 2. The van der Waals surface area contributed by atoms with Crippen LogP contribution in [0.2, 0.25) is 5.02 Å². The lowest BCUT2D eigenvalue weighted by Crippen LogP contribution is -2.55. The van der Waals surface area contributed by atoms with E-state index in [2.05, 4.69) is 10.8 Å². The van der Waals surface area contributed by atoms with Crippen LogP contribution in [0.4, 0.5) is 0 Å². The first-order valence-corrected chi connectivity index (χ1v) is 9.01. The quantitative estimate of drug-likeness (QED) is 0.587. The van der Waals surface area contributed by atoms with Crippen LogP contribution < -0.4 is 11.5 Å². The van der Waals surface area contributed by atoms with Gasteiger partial charge in [-0.15, -0.1) is 0 Å². The molecule has 2 aromatic carbocycles. The van der Waals surface area contributed by atoms with E-state index in [4.69, 9.17) is 27.8 Å². The molecular formula is C21H24ClN2O4. The summed E-state index contributed by atoms with van der Waals surface area (Å²) in [4.78, 5) is 24.0. The molecule has 0 aliphatic heterocycles. The molecule has 28 heavy (non-hydrogen) atoms. The standard InChI is InChI=1S/C21H24ClN2O4/c1-20(2,3)28-19(26)21(23,24)15-7-5-6-13(11-15)10-14-8-9-16(17(22)12-14)18(25)27-4/h5,7-9,11-12H,10,23-24H2,1-4H3. The van der Waals surface area contributed by atoms with Crippen LogP contribution in [-0.4, -0.2) is 24.6 Å². The van der Waals surface area contributed by atoms with Crippen molar-refractivity contribution in [2.75, 3.05) is 7.11 Å². The van der Waals surface area contributed by atoms with E-state index in [0.717, 1.165) is 11.1 Å². The third-order valence-corrected chi connectivity index (χ3v) is 4.22. The number of halogens is 1. The molecule has 2 rings (SSSR count). The molecule has 0 amide bonds. The summed E-state index contributed by atoms with van der Waals surface area (Å²) in [7, 11) is 1.30. The van der Waals surface area contributed by atoms with Gasteiger partial charge in [0.2, 0.25) is 0 Å². The summed E-state index contributed by atoms with van der Waals surface area (Å²) in [5, 5.41) is 0.293. The molecule has 0 saturated carbocycles. The molecule has 0 spiro atoms. The van der Waals surface area contributed by atoms with Gasteiger partial charge in [0, 0.05) is 0 Å². The van der Waals surface area contributed by atoms with Crippen LogP contribution in [0.5, 0.6) is 0 Å². The minimum absolute atomic E-state index is 0.290. The summed E-state index contributed by atoms with van der Waals surface area (Å²) in [6, 6.07) is 13.1. The van der Waals surface area contributed by atoms with E-state index in [0.29, 0.717) is 22.6 Å². The Bertz CT molecular complexity index is 888. The van der Waals surface area contributed by atoms with Crippen molar-refractivity contribution >= 4 is 23.5 Å². The van der Waals surface area contributed by atoms with Gasteiger partial charge >= 0.3 is 11.9 Å².